The first kappa shape index (κ1) is 21.2. The summed E-state index contributed by atoms with van der Waals surface area (Å²) < 4.78 is 38.5. The summed E-state index contributed by atoms with van der Waals surface area (Å²) >= 11 is 0. The van der Waals surface area contributed by atoms with Crippen molar-refractivity contribution in [2.24, 2.45) is 0 Å². The number of nitrogens with zero attached hydrogens (tertiary/aromatic N) is 1. The molecule has 1 amide bonds. The van der Waals surface area contributed by atoms with E-state index in [-0.39, 0.29) is 31.1 Å². The largest absolute Gasteiger partial charge is 0.481 e. The minimum absolute atomic E-state index is 0. The molecule has 0 heterocycles. The maximum Gasteiger partial charge on any atom is 0.418 e. The van der Waals surface area contributed by atoms with Gasteiger partial charge in [-0.05, 0) is 26.1 Å². The Labute approximate surface area is 137 Å². The van der Waals surface area contributed by atoms with Gasteiger partial charge < -0.3 is 10.4 Å². The van der Waals surface area contributed by atoms with E-state index in [4.69, 9.17) is 5.11 Å². The van der Waals surface area contributed by atoms with Crippen LogP contribution in [0.15, 0.2) is 24.3 Å². The van der Waals surface area contributed by atoms with E-state index in [1.165, 1.54) is 37.1 Å². The number of aliphatic carboxylic acids is 1. The summed E-state index contributed by atoms with van der Waals surface area (Å²) in [5.41, 5.74) is -1.25. The number of nitrogens with one attached hydrogen (secondary N) is 1. The van der Waals surface area contributed by atoms with E-state index < -0.39 is 29.7 Å². The fourth-order valence-electron chi connectivity index (χ4n) is 1.74. The van der Waals surface area contributed by atoms with Crippen LogP contribution in [0.2, 0.25) is 0 Å². The number of carboxylic acids is 1. The molecule has 1 atom stereocenters. The SMILES string of the molecule is CC(C(=O)Nc1ccccc1C(F)(F)F)N(C)CCC(=O)O.Cl. The standard InChI is InChI=1S/C14H17F3N2O3.ClH/c1-9(19(2)8-7-12(20)21)13(22)18-11-6-4-3-5-10(11)14(15,16)17;/h3-6,9H,7-8H2,1-2H3,(H,18,22)(H,20,21);1H. The molecule has 0 radical (unpaired) electrons. The molecule has 0 saturated carbocycles. The smallest absolute Gasteiger partial charge is 0.418 e. The zero-order chi connectivity index (χ0) is 16.9. The lowest BCUT2D eigenvalue weighted by molar-refractivity contribution is -0.138. The van der Waals surface area contributed by atoms with Gasteiger partial charge in [0, 0.05) is 6.54 Å². The quantitative estimate of drug-likeness (QED) is 0.824. The lowest BCUT2D eigenvalue weighted by atomic mass is 10.1. The molecule has 0 fully saturated rings. The van der Waals surface area contributed by atoms with Crippen LogP contribution in [-0.2, 0) is 15.8 Å². The monoisotopic (exact) mass is 354 g/mol. The van der Waals surface area contributed by atoms with Crippen LogP contribution in [-0.4, -0.2) is 41.5 Å². The van der Waals surface area contributed by atoms with Gasteiger partial charge in [-0.3, -0.25) is 14.5 Å². The van der Waals surface area contributed by atoms with E-state index in [0.29, 0.717) is 0 Å². The molecule has 23 heavy (non-hydrogen) atoms. The van der Waals surface area contributed by atoms with Crippen LogP contribution in [0.1, 0.15) is 18.9 Å². The second kappa shape index (κ2) is 8.73. The van der Waals surface area contributed by atoms with Crippen LogP contribution in [0.25, 0.3) is 0 Å². The van der Waals surface area contributed by atoms with Crippen LogP contribution in [0, 0.1) is 0 Å². The molecule has 9 heteroatoms. The van der Waals surface area contributed by atoms with E-state index in [1.807, 2.05) is 0 Å². The zero-order valence-electron chi connectivity index (χ0n) is 12.6. The van der Waals surface area contributed by atoms with Gasteiger partial charge in [-0.1, -0.05) is 12.1 Å². The normalized spacial score (nSPS) is 12.4. The van der Waals surface area contributed by atoms with E-state index in [2.05, 4.69) is 5.32 Å². The molecule has 1 aromatic carbocycles. The number of hydrogen-bond acceptors (Lipinski definition) is 3. The third-order valence-electron chi connectivity index (χ3n) is 3.21. The molecule has 1 unspecified atom stereocenters. The minimum Gasteiger partial charge on any atom is -0.481 e. The molecule has 0 bridgehead atoms. The third-order valence-corrected chi connectivity index (χ3v) is 3.21. The van der Waals surface area contributed by atoms with Crippen LogP contribution < -0.4 is 5.32 Å². The summed E-state index contributed by atoms with van der Waals surface area (Å²) in [6.07, 6.45) is -4.73. The zero-order valence-corrected chi connectivity index (χ0v) is 13.4. The molecule has 1 rings (SSSR count). The van der Waals surface area contributed by atoms with Gasteiger partial charge in [-0.2, -0.15) is 13.2 Å². The number of amides is 1. The highest BCUT2D eigenvalue weighted by Crippen LogP contribution is 2.34. The Morgan fingerprint density at radius 3 is 2.39 bits per heavy atom. The lowest BCUT2D eigenvalue weighted by Gasteiger charge is -2.24. The average molecular weight is 355 g/mol. The molecule has 0 saturated heterocycles. The van der Waals surface area contributed by atoms with E-state index >= 15 is 0 Å². The van der Waals surface area contributed by atoms with Gasteiger partial charge in [-0.25, -0.2) is 0 Å². The summed E-state index contributed by atoms with van der Waals surface area (Å²) in [6.45, 7) is 1.61. The molecule has 0 aliphatic rings. The number of carboxylic acid groups (broad SMARTS) is 1. The summed E-state index contributed by atoms with van der Waals surface area (Å²) in [4.78, 5) is 24.0. The number of para-hydroxylation sites is 1. The van der Waals surface area contributed by atoms with Crippen molar-refractivity contribution in [3.63, 3.8) is 0 Å². The molecule has 5 nitrogen and oxygen atoms in total. The number of carbonyl (C=O) groups excluding carboxylic acids is 1. The van der Waals surface area contributed by atoms with Crippen molar-refractivity contribution in [1.82, 2.24) is 4.90 Å². The molecular formula is C14H18ClF3N2O3. The number of benzene rings is 1. The molecule has 0 aliphatic carbocycles. The maximum atomic E-state index is 12.8. The maximum absolute atomic E-state index is 12.8. The molecule has 2 N–H and O–H groups in total. The van der Waals surface area contributed by atoms with Crippen molar-refractivity contribution in [3.8, 4) is 0 Å². The van der Waals surface area contributed by atoms with E-state index in [0.717, 1.165) is 6.07 Å². The Bertz CT molecular complexity index is 552. The number of carbonyl (C=O) groups is 2. The Hall–Kier alpha value is -1.80. The number of rotatable bonds is 6. The first-order chi connectivity index (χ1) is 10.1. The van der Waals surface area contributed by atoms with Crippen molar-refractivity contribution in [2.45, 2.75) is 25.6 Å². The topological polar surface area (TPSA) is 69.6 Å². The minimum atomic E-state index is -4.57. The highest BCUT2D eigenvalue weighted by atomic mass is 35.5. The molecule has 130 valence electrons. The number of likely N-dealkylation sites (N-methyl/N-ethyl adjacent to an activating group) is 1. The van der Waals surface area contributed by atoms with Gasteiger partial charge in [0.1, 0.15) is 0 Å². The first-order valence-corrected chi connectivity index (χ1v) is 6.52. The Morgan fingerprint density at radius 1 is 1.30 bits per heavy atom. The van der Waals surface area contributed by atoms with Gasteiger partial charge in [0.05, 0.1) is 23.7 Å². The summed E-state index contributed by atoms with van der Waals surface area (Å²) in [5.74, 6) is -1.65. The van der Waals surface area contributed by atoms with Crippen molar-refractivity contribution in [2.75, 3.05) is 18.9 Å². The average Bonchev–Trinajstić information content (AvgIpc) is 2.43. The number of anilines is 1. The lowest BCUT2D eigenvalue weighted by Crippen LogP contribution is -2.40. The Morgan fingerprint density at radius 2 is 1.87 bits per heavy atom. The summed E-state index contributed by atoms with van der Waals surface area (Å²) in [5, 5.41) is 10.8. The van der Waals surface area contributed by atoms with Crippen molar-refractivity contribution in [1.29, 1.82) is 0 Å². The predicted molar refractivity (Wildman–Crippen MR) is 81.7 cm³/mol. The van der Waals surface area contributed by atoms with Gasteiger partial charge in [-0.15, -0.1) is 12.4 Å². The third kappa shape index (κ3) is 6.45. The van der Waals surface area contributed by atoms with E-state index in [9.17, 15) is 22.8 Å². The number of hydrogen-bond donors (Lipinski definition) is 2. The second-order valence-corrected chi connectivity index (χ2v) is 4.83. The van der Waals surface area contributed by atoms with Crippen molar-refractivity contribution in [3.05, 3.63) is 29.8 Å². The second-order valence-electron chi connectivity index (χ2n) is 4.83. The molecular weight excluding hydrogens is 337 g/mol. The van der Waals surface area contributed by atoms with Crippen LogP contribution in [0.5, 0.6) is 0 Å². The van der Waals surface area contributed by atoms with Crippen molar-refractivity contribution >= 4 is 30.0 Å². The Balaban J connectivity index is 0.00000484. The predicted octanol–water partition coefficient (Wildman–Crippen LogP) is 2.86. The Kier molecular flexibility index (Phi) is 8.05. The van der Waals surface area contributed by atoms with Crippen molar-refractivity contribution < 1.29 is 27.9 Å². The van der Waals surface area contributed by atoms with Gasteiger partial charge >= 0.3 is 12.1 Å². The van der Waals surface area contributed by atoms with Gasteiger partial charge in [0.15, 0.2) is 0 Å². The summed E-state index contributed by atoms with van der Waals surface area (Å²) in [6, 6.07) is 3.92. The molecule has 1 aromatic rings. The highest BCUT2D eigenvalue weighted by molar-refractivity contribution is 5.95. The van der Waals surface area contributed by atoms with Crippen LogP contribution in [0.4, 0.5) is 18.9 Å². The van der Waals surface area contributed by atoms with Crippen LogP contribution in [0.3, 0.4) is 0 Å². The molecule has 0 aliphatic heterocycles. The van der Waals surface area contributed by atoms with Crippen LogP contribution >= 0.6 is 12.4 Å². The first-order valence-electron chi connectivity index (χ1n) is 6.52. The highest BCUT2D eigenvalue weighted by Gasteiger charge is 2.34. The summed E-state index contributed by atoms with van der Waals surface area (Å²) in [7, 11) is 1.53. The molecule has 0 spiro atoms. The van der Waals surface area contributed by atoms with Gasteiger partial charge in [0.2, 0.25) is 5.91 Å². The molecule has 0 aromatic heterocycles. The fraction of sp³-hybridized carbons (Fsp3) is 0.429. The number of alkyl halides is 3. The fourth-order valence-corrected chi connectivity index (χ4v) is 1.74. The number of halogens is 4. The van der Waals surface area contributed by atoms with E-state index in [1.54, 1.807) is 0 Å². The van der Waals surface area contributed by atoms with Gasteiger partial charge in [0.25, 0.3) is 0 Å².